The molecule has 2 atom stereocenters. The van der Waals surface area contributed by atoms with Crippen LogP contribution < -0.4 is 5.32 Å². The second-order valence-corrected chi connectivity index (χ2v) is 11.8. The molecule has 2 heterocycles. The molecule has 0 aliphatic heterocycles. The molecule has 2 aliphatic rings. The highest BCUT2D eigenvalue weighted by Gasteiger charge is 2.37. The molecular formula is C24H30N6O3S. The summed E-state index contributed by atoms with van der Waals surface area (Å²) >= 11 is 0. The molecule has 0 spiro atoms. The van der Waals surface area contributed by atoms with E-state index in [0.29, 0.717) is 35.2 Å². The molecule has 2 fully saturated rings. The van der Waals surface area contributed by atoms with Crippen LogP contribution in [0, 0.1) is 23.7 Å². The van der Waals surface area contributed by atoms with Crippen molar-refractivity contribution in [2.24, 2.45) is 23.7 Å². The fraction of sp³-hybridized carbons (Fsp3) is 0.542. The van der Waals surface area contributed by atoms with Crippen molar-refractivity contribution in [2.45, 2.75) is 57.1 Å². The van der Waals surface area contributed by atoms with Gasteiger partial charge in [0.05, 0.1) is 11.9 Å². The van der Waals surface area contributed by atoms with Crippen LogP contribution in [0.1, 0.15) is 51.0 Å². The predicted molar refractivity (Wildman–Crippen MR) is 127 cm³/mol. The molecule has 0 radical (unpaired) electrons. The molecule has 2 aliphatic carbocycles. The number of carbonyl (C=O) groups excluding carboxylic acids is 1. The third-order valence-electron chi connectivity index (χ3n) is 7.31. The van der Waals surface area contributed by atoms with Crippen LogP contribution in [-0.4, -0.2) is 45.5 Å². The van der Waals surface area contributed by atoms with Gasteiger partial charge in [0.2, 0.25) is 20.9 Å². The van der Waals surface area contributed by atoms with E-state index in [1.807, 2.05) is 24.3 Å². The van der Waals surface area contributed by atoms with Gasteiger partial charge in [0.15, 0.2) is 11.2 Å². The molecule has 180 valence electrons. The number of hydrogen-bond donors (Lipinski definition) is 1. The summed E-state index contributed by atoms with van der Waals surface area (Å²) in [5.74, 6) is 2.47. The van der Waals surface area contributed by atoms with E-state index in [1.165, 1.54) is 36.6 Å². The number of sulfone groups is 1. The Morgan fingerprint density at radius 2 is 1.91 bits per heavy atom. The lowest BCUT2D eigenvalue weighted by molar-refractivity contribution is -0.128. The fourth-order valence-electron chi connectivity index (χ4n) is 5.73. The lowest BCUT2D eigenvalue weighted by Crippen LogP contribution is -2.39. The minimum absolute atomic E-state index is 0.107. The standard InChI is InChI=1S/C24H30N6O3S/c1-3-15-7-17-9-18(8-15)11-19(10-17)23(31)25-13-16-5-4-6-20(12-16)30-22-21(28-29-30)14-26-24(27-22)34(2,32)33/h4-6,12,14-15,17-19H,3,7-11,13H2,1-2H3,(H,25,31). The van der Waals surface area contributed by atoms with Crippen LogP contribution in [0.3, 0.4) is 0 Å². The number of nitrogens with one attached hydrogen (secondary N) is 1. The van der Waals surface area contributed by atoms with Crippen LogP contribution in [0.2, 0.25) is 0 Å². The van der Waals surface area contributed by atoms with Crippen molar-refractivity contribution in [3.63, 3.8) is 0 Å². The Bertz CT molecular complexity index is 1310. The molecule has 0 saturated heterocycles. The molecule has 2 aromatic heterocycles. The van der Waals surface area contributed by atoms with E-state index in [2.05, 4.69) is 32.5 Å². The molecule has 34 heavy (non-hydrogen) atoms. The average molecular weight is 483 g/mol. The van der Waals surface area contributed by atoms with Crippen molar-refractivity contribution in [2.75, 3.05) is 6.26 Å². The summed E-state index contributed by atoms with van der Waals surface area (Å²) < 4.78 is 25.2. The molecular weight excluding hydrogens is 452 g/mol. The number of rotatable bonds is 6. The van der Waals surface area contributed by atoms with Crippen LogP contribution in [0.5, 0.6) is 0 Å². The highest BCUT2D eigenvalue weighted by Crippen LogP contribution is 2.45. The van der Waals surface area contributed by atoms with Crippen molar-refractivity contribution in [3.05, 3.63) is 36.0 Å². The highest BCUT2D eigenvalue weighted by atomic mass is 32.2. The number of carbonyl (C=O) groups is 1. The monoisotopic (exact) mass is 482 g/mol. The lowest BCUT2D eigenvalue weighted by atomic mass is 9.64. The van der Waals surface area contributed by atoms with Gasteiger partial charge in [-0.25, -0.2) is 13.4 Å². The first-order chi connectivity index (χ1) is 16.3. The topological polar surface area (TPSA) is 120 Å². The van der Waals surface area contributed by atoms with Gasteiger partial charge in [-0.3, -0.25) is 4.79 Å². The highest BCUT2D eigenvalue weighted by molar-refractivity contribution is 7.90. The van der Waals surface area contributed by atoms with Gasteiger partial charge in [-0.2, -0.15) is 9.67 Å². The minimum Gasteiger partial charge on any atom is -0.352 e. The quantitative estimate of drug-likeness (QED) is 0.536. The Balaban J connectivity index is 1.29. The number of hydrogen-bond acceptors (Lipinski definition) is 7. The van der Waals surface area contributed by atoms with Crippen LogP contribution >= 0.6 is 0 Å². The Morgan fingerprint density at radius 3 is 2.62 bits per heavy atom. The van der Waals surface area contributed by atoms with E-state index in [1.54, 1.807) is 0 Å². The van der Waals surface area contributed by atoms with E-state index < -0.39 is 9.84 Å². The van der Waals surface area contributed by atoms with Gasteiger partial charge in [-0.05, 0) is 67.6 Å². The number of benzene rings is 1. The SMILES string of the molecule is CCC1CC2CC(C1)CC(C(=O)NCc1cccc(-n3nnc4cnc(S(C)(=O)=O)nc43)c1)C2. The maximum absolute atomic E-state index is 13.0. The Hall–Kier alpha value is -2.88. The summed E-state index contributed by atoms with van der Waals surface area (Å²) in [4.78, 5) is 21.0. The predicted octanol–water partition coefficient (Wildman–Crippen LogP) is 3.08. The lowest BCUT2D eigenvalue weighted by Gasteiger charge is -2.42. The zero-order chi connectivity index (χ0) is 23.9. The largest absolute Gasteiger partial charge is 0.352 e. The molecule has 9 nitrogen and oxygen atoms in total. The van der Waals surface area contributed by atoms with Crippen LogP contribution in [0.4, 0.5) is 0 Å². The van der Waals surface area contributed by atoms with E-state index in [9.17, 15) is 13.2 Å². The third-order valence-corrected chi connectivity index (χ3v) is 8.17. The summed E-state index contributed by atoms with van der Waals surface area (Å²) in [6, 6.07) is 7.56. The maximum atomic E-state index is 13.0. The number of amides is 1. The van der Waals surface area contributed by atoms with E-state index in [0.717, 1.165) is 30.6 Å². The summed E-state index contributed by atoms with van der Waals surface area (Å²) in [6.07, 6.45) is 9.52. The second-order valence-electron chi connectivity index (χ2n) is 9.90. The molecule has 10 heteroatoms. The molecule has 2 unspecified atom stereocenters. The molecule has 1 amide bonds. The average Bonchev–Trinajstić information content (AvgIpc) is 3.25. The summed E-state index contributed by atoms with van der Waals surface area (Å²) in [5.41, 5.74) is 2.33. The normalized spacial score (nSPS) is 24.8. The Morgan fingerprint density at radius 1 is 1.15 bits per heavy atom. The minimum atomic E-state index is -3.56. The third kappa shape index (κ3) is 4.68. The van der Waals surface area contributed by atoms with Gasteiger partial charge < -0.3 is 5.32 Å². The van der Waals surface area contributed by atoms with Crippen molar-refractivity contribution >= 4 is 26.9 Å². The smallest absolute Gasteiger partial charge is 0.248 e. The number of fused-ring (bicyclic) bond motifs is 3. The van der Waals surface area contributed by atoms with E-state index in [-0.39, 0.29) is 17.0 Å². The maximum Gasteiger partial charge on any atom is 0.248 e. The number of aromatic nitrogens is 5. The number of nitrogens with zero attached hydrogens (tertiary/aromatic N) is 5. The van der Waals surface area contributed by atoms with Gasteiger partial charge in [-0.1, -0.05) is 30.7 Å². The van der Waals surface area contributed by atoms with Crippen molar-refractivity contribution in [1.82, 2.24) is 30.3 Å². The van der Waals surface area contributed by atoms with Crippen molar-refractivity contribution in [1.29, 1.82) is 0 Å². The van der Waals surface area contributed by atoms with Crippen LogP contribution in [0.15, 0.2) is 35.6 Å². The first-order valence-corrected chi connectivity index (χ1v) is 13.8. The molecule has 1 aromatic carbocycles. The van der Waals surface area contributed by atoms with Gasteiger partial charge in [0.1, 0.15) is 0 Å². The first kappa shape index (κ1) is 22.9. The molecule has 5 rings (SSSR count). The van der Waals surface area contributed by atoms with Gasteiger partial charge in [-0.15, -0.1) is 5.10 Å². The van der Waals surface area contributed by atoms with E-state index in [4.69, 9.17) is 0 Å². The molecule has 2 bridgehead atoms. The Labute approximate surface area is 199 Å². The van der Waals surface area contributed by atoms with Crippen LogP contribution in [0.25, 0.3) is 16.9 Å². The Kier molecular flexibility index (Phi) is 6.09. The molecule has 1 N–H and O–H groups in total. The summed E-state index contributed by atoms with van der Waals surface area (Å²) in [5, 5.41) is 11.0. The van der Waals surface area contributed by atoms with Crippen molar-refractivity contribution < 1.29 is 13.2 Å². The van der Waals surface area contributed by atoms with Gasteiger partial charge >= 0.3 is 0 Å². The van der Waals surface area contributed by atoms with Gasteiger partial charge in [0.25, 0.3) is 0 Å². The van der Waals surface area contributed by atoms with Crippen LogP contribution in [-0.2, 0) is 21.2 Å². The summed E-state index contributed by atoms with van der Waals surface area (Å²) in [7, 11) is -3.56. The van der Waals surface area contributed by atoms with Gasteiger partial charge in [0, 0.05) is 18.7 Å². The van der Waals surface area contributed by atoms with Crippen molar-refractivity contribution in [3.8, 4) is 5.69 Å². The second kappa shape index (κ2) is 9.05. The first-order valence-electron chi connectivity index (χ1n) is 12.0. The molecule has 2 saturated carbocycles. The van der Waals surface area contributed by atoms with E-state index >= 15 is 0 Å². The zero-order valence-corrected chi connectivity index (χ0v) is 20.3. The molecule has 3 aromatic rings. The zero-order valence-electron chi connectivity index (χ0n) is 19.5. The fourth-order valence-corrected chi connectivity index (χ4v) is 6.23. The summed E-state index contributed by atoms with van der Waals surface area (Å²) in [6.45, 7) is 2.70.